The minimum absolute atomic E-state index is 0.460. The van der Waals surface area contributed by atoms with Crippen molar-refractivity contribution in [3.63, 3.8) is 0 Å². The van der Waals surface area contributed by atoms with E-state index in [1.54, 1.807) is 25.1 Å². The molecule has 0 aromatic heterocycles. The number of hydrogen-bond donors (Lipinski definition) is 1. The Labute approximate surface area is 121 Å². The molecule has 2 rings (SSSR count). The van der Waals surface area contributed by atoms with Gasteiger partial charge < -0.3 is 5.32 Å². The van der Waals surface area contributed by atoms with Crippen molar-refractivity contribution < 1.29 is 18.0 Å². The lowest BCUT2D eigenvalue weighted by Gasteiger charge is -2.09. The van der Waals surface area contributed by atoms with E-state index in [0.29, 0.717) is 11.8 Å². The van der Waals surface area contributed by atoms with E-state index in [0.717, 1.165) is 16.1 Å². The molecule has 1 amide bonds. The maximum absolute atomic E-state index is 13.5. The van der Waals surface area contributed by atoms with Crippen molar-refractivity contribution in [2.45, 2.75) is 6.92 Å². The highest BCUT2D eigenvalue weighted by atomic mass is 79.9. The topological polar surface area (TPSA) is 29.1 Å². The normalized spacial score (nSPS) is 10.4. The van der Waals surface area contributed by atoms with Crippen LogP contribution < -0.4 is 5.32 Å². The summed E-state index contributed by atoms with van der Waals surface area (Å²) in [7, 11) is 0. The van der Waals surface area contributed by atoms with Crippen molar-refractivity contribution in [2.75, 3.05) is 5.32 Å². The lowest BCUT2D eigenvalue weighted by Crippen LogP contribution is -2.15. The van der Waals surface area contributed by atoms with Crippen LogP contribution in [0, 0.1) is 24.4 Å². The minimum Gasteiger partial charge on any atom is -0.322 e. The van der Waals surface area contributed by atoms with E-state index in [4.69, 9.17) is 0 Å². The summed E-state index contributed by atoms with van der Waals surface area (Å²) in [6, 6.07) is 6.69. The summed E-state index contributed by atoms with van der Waals surface area (Å²) in [5.74, 6) is -5.34. The first-order valence-electron chi connectivity index (χ1n) is 5.61. The smallest absolute Gasteiger partial charge is 0.258 e. The Morgan fingerprint density at radius 1 is 1.10 bits per heavy atom. The summed E-state index contributed by atoms with van der Waals surface area (Å²) in [4.78, 5) is 11.9. The molecule has 0 bridgehead atoms. The molecule has 2 nitrogen and oxygen atoms in total. The Morgan fingerprint density at radius 2 is 1.80 bits per heavy atom. The van der Waals surface area contributed by atoms with Gasteiger partial charge in [0.05, 0.1) is 5.56 Å². The van der Waals surface area contributed by atoms with Crippen LogP contribution in [0.2, 0.25) is 0 Å². The highest BCUT2D eigenvalue weighted by Gasteiger charge is 2.19. The number of nitrogens with one attached hydrogen (secondary N) is 1. The molecule has 2 aromatic rings. The summed E-state index contributed by atoms with van der Waals surface area (Å²) in [5.41, 5.74) is 0.657. The maximum atomic E-state index is 13.5. The van der Waals surface area contributed by atoms with Crippen LogP contribution >= 0.6 is 15.9 Å². The molecular weight excluding hydrogens is 335 g/mol. The van der Waals surface area contributed by atoms with Crippen molar-refractivity contribution in [1.29, 1.82) is 0 Å². The summed E-state index contributed by atoms with van der Waals surface area (Å²) in [5, 5.41) is 2.45. The third-order valence-electron chi connectivity index (χ3n) is 2.72. The van der Waals surface area contributed by atoms with Gasteiger partial charge in [-0.15, -0.1) is 0 Å². The summed E-state index contributed by atoms with van der Waals surface area (Å²) < 4.78 is 40.2. The lowest BCUT2D eigenvalue weighted by atomic mass is 10.1. The molecule has 0 radical (unpaired) electrons. The van der Waals surface area contributed by atoms with E-state index < -0.39 is 28.9 Å². The quantitative estimate of drug-likeness (QED) is 0.803. The Kier molecular flexibility index (Phi) is 4.13. The number of rotatable bonds is 2. The average Bonchev–Trinajstić information content (AvgIpc) is 2.39. The molecular formula is C14H9BrF3NO. The Balaban J connectivity index is 2.31. The second-order valence-corrected chi connectivity index (χ2v) is 5.05. The third kappa shape index (κ3) is 2.85. The molecule has 0 fully saturated rings. The van der Waals surface area contributed by atoms with Crippen molar-refractivity contribution in [1.82, 2.24) is 0 Å². The van der Waals surface area contributed by atoms with Gasteiger partial charge in [0.2, 0.25) is 0 Å². The van der Waals surface area contributed by atoms with Gasteiger partial charge in [-0.25, -0.2) is 13.2 Å². The molecule has 0 saturated carbocycles. The standard InChI is InChI=1S/C14H9BrF3NO/c1-7-6-8(15)2-5-11(7)19-14(20)9-3-4-10(16)13(18)12(9)17/h2-6H,1H3,(H,19,20). The molecule has 20 heavy (non-hydrogen) atoms. The number of carbonyl (C=O) groups excluding carboxylic acids is 1. The Morgan fingerprint density at radius 3 is 2.45 bits per heavy atom. The predicted octanol–water partition coefficient (Wildman–Crippen LogP) is 4.43. The highest BCUT2D eigenvalue weighted by molar-refractivity contribution is 9.10. The number of carbonyl (C=O) groups is 1. The Hall–Kier alpha value is -1.82. The molecule has 0 aliphatic carbocycles. The van der Waals surface area contributed by atoms with Gasteiger partial charge >= 0.3 is 0 Å². The monoisotopic (exact) mass is 343 g/mol. The van der Waals surface area contributed by atoms with E-state index >= 15 is 0 Å². The minimum atomic E-state index is -1.66. The van der Waals surface area contributed by atoms with Gasteiger partial charge in [-0.3, -0.25) is 4.79 Å². The summed E-state index contributed by atoms with van der Waals surface area (Å²) in [6.07, 6.45) is 0. The molecule has 0 heterocycles. The number of halogens is 4. The number of hydrogen-bond acceptors (Lipinski definition) is 1. The first-order valence-corrected chi connectivity index (χ1v) is 6.40. The van der Waals surface area contributed by atoms with Crippen LogP contribution in [0.15, 0.2) is 34.8 Å². The highest BCUT2D eigenvalue weighted by Crippen LogP contribution is 2.22. The first kappa shape index (κ1) is 14.6. The van der Waals surface area contributed by atoms with E-state index in [1.807, 2.05) is 0 Å². The van der Waals surface area contributed by atoms with Gasteiger partial charge in [0.1, 0.15) is 0 Å². The van der Waals surface area contributed by atoms with Gasteiger partial charge in [0.25, 0.3) is 5.91 Å². The van der Waals surface area contributed by atoms with Gasteiger partial charge in [-0.1, -0.05) is 15.9 Å². The van der Waals surface area contributed by atoms with E-state index in [-0.39, 0.29) is 0 Å². The number of anilines is 1. The van der Waals surface area contributed by atoms with E-state index in [1.165, 1.54) is 0 Å². The molecule has 0 atom stereocenters. The van der Waals surface area contributed by atoms with Crippen LogP contribution in [-0.2, 0) is 0 Å². The molecule has 104 valence electrons. The molecule has 0 aliphatic rings. The number of amides is 1. The van der Waals surface area contributed by atoms with Crippen LogP contribution in [0.3, 0.4) is 0 Å². The maximum Gasteiger partial charge on any atom is 0.258 e. The predicted molar refractivity (Wildman–Crippen MR) is 73.1 cm³/mol. The molecule has 6 heteroatoms. The van der Waals surface area contributed by atoms with Crippen LogP contribution in [-0.4, -0.2) is 5.91 Å². The van der Waals surface area contributed by atoms with Crippen molar-refractivity contribution in [2.24, 2.45) is 0 Å². The Bertz CT molecular complexity index is 688. The van der Waals surface area contributed by atoms with Crippen LogP contribution in [0.25, 0.3) is 0 Å². The van der Waals surface area contributed by atoms with Crippen LogP contribution in [0.1, 0.15) is 15.9 Å². The second kappa shape index (κ2) is 5.66. The second-order valence-electron chi connectivity index (χ2n) is 4.14. The van der Waals surface area contributed by atoms with Crippen molar-refractivity contribution in [3.8, 4) is 0 Å². The average molecular weight is 344 g/mol. The number of aryl methyl sites for hydroxylation is 1. The fourth-order valence-electron chi connectivity index (χ4n) is 1.66. The molecule has 0 unspecified atom stereocenters. The van der Waals surface area contributed by atoms with E-state index in [9.17, 15) is 18.0 Å². The van der Waals surface area contributed by atoms with Crippen molar-refractivity contribution in [3.05, 3.63) is 63.4 Å². The zero-order valence-corrected chi connectivity index (χ0v) is 11.9. The zero-order chi connectivity index (χ0) is 14.9. The van der Waals surface area contributed by atoms with Gasteiger partial charge in [-0.2, -0.15) is 0 Å². The summed E-state index contributed by atoms with van der Waals surface area (Å²) >= 11 is 3.27. The molecule has 0 aliphatic heterocycles. The van der Waals surface area contributed by atoms with E-state index in [2.05, 4.69) is 21.2 Å². The van der Waals surface area contributed by atoms with Crippen molar-refractivity contribution >= 4 is 27.5 Å². The largest absolute Gasteiger partial charge is 0.322 e. The first-order chi connectivity index (χ1) is 9.40. The number of benzene rings is 2. The molecule has 0 spiro atoms. The van der Waals surface area contributed by atoms with Gasteiger partial charge in [-0.05, 0) is 42.8 Å². The molecule has 2 aromatic carbocycles. The zero-order valence-electron chi connectivity index (χ0n) is 10.3. The fraction of sp³-hybridized carbons (Fsp3) is 0.0714. The fourth-order valence-corrected chi connectivity index (χ4v) is 2.13. The van der Waals surface area contributed by atoms with Crippen LogP contribution in [0.5, 0.6) is 0 Å². The third-order valence-corrected chi connectivity index (χ3v) is 3.21. The summed E-state index contributed by atoms with van der Waals surface area (Å²) in [6.45, 7) is 1.75. The SMILES string of the molecule is Cc1cc(Br)ccc1NC(=O)c1ccc(F)c(F)c1F. The van der Waals surface area contributed by atoms with Crippen LogP contribution in [0.4, 0.5) is 18.9 Å². The van der Waals surface area contributed by atoms with Gasteiger partial charge in [0, 0.05) is 10.2 Å². The molecule has 0 saturated heterocycles. The van der Waals surface area contributed by atoms with Gasteiger partial charge in [0.15, 0.2) is 17.5 Å². The lowest BCUT2D eigenvalue weighted by molar-refractivity contribution is 0.102. The molecule has 1 N–H and O–H groups in total.